The van der Waals surface area contributed by atoms with Crippen molar-refractivity contribution >= 4 is 11.0 Å². The molecule has 154 valence electrons. The van der Waals surface area contributed by atoms with Crippen LogP contribution in [0.5, 0.6) is 23.0 Å². The fourth-order valence-electron chi connectivity index (χ4n) is 3.27. The zero-order chi connectivity index (χ0) is 20.8. The lowest BCUT2D eigenvalue weighted by Gasteiger charge is -2.12. The smallest absolute Gasteiger partial charge is 0.148 e. The van der Waals surface area contributed by atoms with Gasteiger partial charge in [0.25, 0.3) is 0 Å². The predicted molar refractivity (Wildman–Crippen MR) is 116 cm³/mol. The molecule has 0 bridgehead atoms. The third kappa shape index (κ3) is 4.49. The molecule has 1 heterocycles. The standard InChI is InChI=1S/C24H24N2O4/c1-27-18-7-5-9-20(15-18)29-14-13-26-23-12-4-3-11-22(23)25-24(26)17-30-21-10-6-8-19(16-21)28-2/h3-12,15-16H,13-14,17H2,1-2H3. The van der Waals surface area contributed by atoms with Crippen molar-refractivity contribution in [1.29, 1.82) is 0 Å². The first-order valence-electron chi connectivity index (χ1n) is 9.74. The molecule has 0 aliphatic carbocycles. The van der Waals surface area contributed by atoms with Crippen LogP contribution in [0.1, 0.15) is 5.82 Å². The molecule has 30 heavy (non-hydrogen) atoms. The number of aromatic nitrogens is 2. The topological polar surface area (TPSA) is 54.7 Å². The summed E-state index contributed by atoms with van der Waals surface area (Å²) in [5, 5.41) is 0. The molecule has 0 amide bonds. The second-order valence-electron chi connectivity index (χ2n) is 6.66. The highest BCUT2D eigenvalue weighted by Crippen LogP contribution is 2.22. The first-order chi connectivity index (χ1) is 14.8. The molecule has 1 aromatic heterocycles. The lowest BCUT2D eigenvalue weighted by Crippen LogP contribution is -2.13. The number of hydrogen-bond acceptors (Lipinski definition) is 5. The Morgan fingerprint density at radius 2 is 1.37 bits per heavy atom. The molecule has 0 aliphatic rings. The van der Waals surface area contributed by atoms with Crippen molar-refractivity contribution in [2.45, 2.75) is 13.2 Å². The monoisotopic (exact) mass is 404 g/mol. The van der Waals surface area contributed by atoms with Crippen molar-refractivity contribution in [2.75, 3.05) is 20.8 Å². The Labute approximate surface area is 175 Å². The molecule has 6 nitrogen and oxygen atoms in total. The molecule has 3 aromatic carbocycles. The Bertz CT molecular complexity index is 1120. The molecule has 0 fully saturated rings. The van der Waals surface area contributed by atoms with E-state index in [9.17, 15) is 0 Å². The Kier molecular flexibility index (Phi) is 6.03. The molecule has 0 unspecified atom stereocenters. The molecule has 0 radical (unpaired) electrons. The Morgan fingerprint density at radius 3 is 2.07 bits per heavy atom. The molecule has 0 saturated carbocycles. The van der Waals surface area contributed by atoms with E-state index in [2.05, 4.69) is 10.6 Å². The third-order valence-electron chi connectivity index (χ3n) is 4.77. The largest absolute Gasteiger partial charge is 0.497 e. The van der Waals surface area contributed by atoms with E-state index in [1.165, 1.54) is 0 Å². The van der Waals surface area contributed by atoms with Gasteiger partial charge in [-0.2, -0.15) is 0 Å². The van der Waals surface area contributed by atoms with Crippen molar-refractivity contribution in [3.05, 3.63) is 78.6 Å². The third-order valence-corrected chi connectivity index (χ3v) is 4.77. The molecule has 6 heteroatoms. The van der Waals surface area contributed by atoms with Crippen LogP contribution in [0.15, 0.2) is 72.8 Å². The van der Waals surface area contributed by atoms with Crippen LogP contribution in [0.3, 0.4) is 0 Å². The van der Waals surface area contributed by atoms with Crippen LogP contribution in [-0.4, -0.2) is 30.4 Å². The van der Waals surface area contributed by atoms with E-state index in [0.717, 1.165) is 39.9 Å². The lowest BCUT2D eigenvalue weighted by molar-refractivity contribution is 0.271. The SMILES string of the molecule is COc1cccc(OCCn2c(COc3cccc(OC)c3)nc3ccccc32)c1. The predicted octanol–water partition coefficient (Wildman–Crippen LogP) is 4.71. The first kappa shape index (κ1) is 19.6. The van der Waals surface area contributed by atoms with Crippen LogP contribution in [0.25, 0.3) is 11.0 Å². The molecule has 0 aliphatic heterocycles. The van der Waals surface area contributed by atoms with Crippen molar-refractivity contribution in [1.82, 2.24) is 9.55 Å². The van der Waals surface area contributed by atoms with Gasteiger partial charge in [0, 0.05) is 12.1 Å². The summed E-state index contributed by atoms with van der Waals surface area (Å²) in [6, 6.07) is 23.2. The van der Waals surface area contributed by atoms with Gasteiger partial charge in [0.1, 0.15) is 42.0 Å². The maximum absolute atomic E-state index is 5.98. The number of para-hydroxylation sites is 2. The number of nitrogens with zero attached hydrogens (tertiary/aromatic N) is 2. The van der Waals surface area contributed by atoms with E-state index in [0.29, 0.717) is 19.8 Å². The number of methoxy groups -OCH3 is 2. The second-order valence-corrected chi connectivity index (χ2v) is 6.66. The number of rotatable bonds is 9. The molecule has 0 spiro atoms. The van der Waals surface area contributed by atoms with Gasteiger partial charge in [0.2, 0.25) is 0 Å². The minimum Gasteiger partial charge on any atom is -0.497 e. The molecule has 0 N–H and O–H groups in total. The van der Waals surface area contributed by atoms with Gasteiger partial charge >= 0.3 is 0 Å². The Morgan fingerprint density at radius 1 is 0.733 bits per heavy atom. The van der Waals surface area contributed by atoms with E-state index < -0.39 is 0 Å². The summed E-state index contributed by atoms with van der Waals surface area (Å²) in [4.78, 5) is 4.75. The summed E-state index contributed by atoms with van der Waals surface area (Å²) >= 11 is 0. The Balaban J connectivity index is 1.49. The van der Waals surface area contributed by atoms with Gasteiger partial charge in [0.15, 0.2) is 0 Å². The number of ether oxygens (including phenoxy) is 4. The number of hydrogen-bond donors (Lipinski definition) is 0. The zero-order valence-corrected chi connectivity index (χ0v) is 17.1. The lowest BCUT2D eigenvalue weighted by atomic mass is 10.3. The normalized spacial score (nSPS) is 10.7. The fraction of sp³-hybridized carbons (Fsp3) is 0.208. The van der Waals surface area contributed by atoms with Crippen LogP contribution in [-0.2, 0) is 13.2 Å². The van der Waals surface area contributed by atoms with Gasteiger partial charge in [-0.25, -0.2) is 4.98 Å². The summed E-state index contributed by atoms with van der Waals surface area (Å²) in [7, 11) is 3.28. The van der Waals surface area contributed by atoms with E-state index in [-0.39, 0.29) is 0 Å². The minimum atomic E-state index is 0.348. The molecule has 0 atom stereocenters. The minimum absolute atomic E-state index is 0.348. The quantitative estimate of drug-likeness (QED) is 0.404. The highest BCUT2D eigenvalue weighted by molar-refractivity contribution is 5.75. The van der Waals surface area contributed by atoms with Crippen molar-refractivity contribution in [3.8, 4) is 23.0 Å². The van der Waals surface area contributed by atoms with E-state index in [1.54, 1.807) is 14.2 Å². The van der Waals surface area contributed by atoms with Gasteiger partial charge in [-0.1, -0.05) is 24.3 Å². The van der Waals surface area contributed by atoms with Crippen LogP contribution in [0.4, 0.5) is 0 Å². The van der Waals surface area contributed by atoms with Gasteiger partial charge in [-0.05, 0) is 36.4 Å². The van der Waals surface area contributed by atoms with Gasteiger partial charge in [-0.3, -0.25) is 0 Å². The summed E-state index contributed by atoms with van der Waals surface area (Å²) < 4.78 is 24.6. The van der Waals surface area contributed by atoms with Crippen LogP contribution < -0.4 is 18.9 Å². The Hall–Kier alpha value is -3.67. The van der Waals surface area contributed by atoms with Crippen LogP contribution in [0, 0.1) is 0 Å². The maximum atomic E-state index is 5.98. The summed E-state index contributed by atoms with van der Waals surface area (Å²) in [6.45, 7) is 1.50. The summed E-state index contributed by atoms with van der Waals surface area (Å²) in [6.07, 6.45) is 0. The number of benzene rings is 3. The van der Waals surface area contributed by atoms with Crippen molar-refractivity contribution in [2.24, 2.45) is 0 Å². The van der Waals surface area contributed by atoms with E-state index >= 15 is 0 Å². The molecular weight excluding hydrogens is 380 g/mol. The number of imidazole rings is 1. The molecule has 0 saturated heterocycles. The average Bonchev–Trinajstić information content (AvgIpc) is 3.15. The van der Waals surface area contributed by atoms with E-state index in [1.807, 2.05) is 66.7 Å². The van der Waals surface area contributed by atoms with Crippen LogP contribution in [0.2, 0.25) is 0 Å². The number of fused-ring (bicyclic) bond motifs is 1. The average molecular weight is 404 g/mol. The van der Waals surface area contributed by atoms with Crippen molar-refractivity contribution < 1.29 is 18.9 Å². The first-order valence-corrected chi connectivity index (χ1v) is 9.74. The van der Waals surface area contributed by atoms with Crippen molar-refractivity contribution in [3.63, 3.8) is 0 Å². The highest BCUT2D eigenvalue weighted by atomic mass is 16.5. The molecular formula is C24H24N2O4. The van der Waals surface area contributed by atoms with Gasteiger partial charge in [0.05, 0.1) is 31.8 Å². The van der Waals surface area contributed by atoms with Gasteiger partial charge in [-0.15, -0.1) is 0 Å². The fourth-order valence-corrected chi connectivity index (χ4v) is 3.27. The summed E-state index contributed by atoms with van der Waals surface area (Å²) in [5.41, 5.74) is 1.99. The van der Waals surface area contributed by atoms with E-state index in [4.69, 9.17) is 23.9 Å². The molecule has 4 aromatic rings. The second kappa shape index (κ2) is 9.22. The highest BCUT2D eigenvalue weighted by Gasteiger charge is 2.12. The molecule has 4 rings (SSSR count). The summed E-state index contributed by atoms with van der Waals surface area (Å²) in [5.74, 6) is 3.88. The van der Waals surface area contributed by atoms with Gasteiger partial charge < -0.3 is 23.5 Å². The van der Waals surface area contributed by atoms with Crippen LogP contribution >= 0.6 is 0 Å². The zero-order valence-electron chi connectivity index (χ0n) is 17.1. The maximum Gasteiger partial charge on any atom is 0.148 e.